The summed E-state index contributed by atoms with van der Waals surface area (Å²) in [6, 6.07) is 20.4. The summed E-state index contributed by atoms with van der Waals surface area (Å²) in [5.74, 6) is -2.07. The number of aliphatic carboxylic acids is 1. The minimum absolute atomic E-state index is 0.00630. The molecule has 10 aromatic rings. The second-order valence-corrected chi connectivity index (χ2v) is 22.0. The molecule has 4 aromatic carbocycles. The molecule has 0 saturated heterocycles. The van der Waals surface area contributed by atoms with Gasteiger partial charge in [0.15, 0.2) is 17.2 Å². The molecule has 0 saturated carbocycles. The molecular weight excluding hydrogens is 1340 g/mol. The number of ketones is 1. The highest BCUT2D eigenvalue weighted by molar-refractivity contribution is 6.31. The first-order chi connectivity index (χ1) is 45.9. The number of alkyl halides is 6. The van der Waals surface area contributed by atoms with Gasteiger partial charge in [-0.25, -0.2) is 41.7 Å². The lowest BCUT2D eigenvalue weighted by molar-refractivity contribution is -0.386. The first-order valence-electron chi connectivity index (χ1n) is 28.9. The third kappa shape index (κ3) is 20.0. The van der Waals surface area contributed by atoms with Crippen molar-refractivity contribution in [2.75, 3.05) is 5.73 Å². The summed E-state index contributed by atoms with van der Waals surface area (Å²) < 4.78 is 152. The molecule has 0 aliphatic carbocycles. The zero-order chi connectivity index (χ0) is 72.8. The van der Waals surface area contributed by atoms with Gasteiger partial charge in [0.1, 0.15) is 59.0 Å². The predicted molar refractivity (Wildman–Crippen MR) is 334 cm³/mol. The fraction of sp³-hybridized carbons (Fsp3) is 0.290. The van der Waals surface area contributed by atoms with E-state index in [2.05, 4.69) is 30.4 Å². The summed E-state index contributed by atoms with van der Waals surface area (Å²) >= 11 is 5.76. The Hall–Kier alpha value is -11.1. The molecule has 0 aliphatic heterocycles. The number of carbonyl (C=O) groups is 2. The molecule has 3 N–H and O–H groups in total. The maximum Gasteiger partial charge on any atom is 0.434 e. The number of aromatic nitrogens is 12. The molecule has 10 rings (SSSR count). The number of rotatable bonds is 18. The number of hydrogen-bond acceptors (Lipinski definition) is 16. The van der Waals surface area contributed by atoms with Crippen LogP contribution in [0.2, 0.25) is 5.15 Å². The van der Waals surface area contributed by atoms with Crippen LogP contribution in [-0.4, -0.2) is 103 Å². The van der Waals surface area contributed by atoms with Crippen LogP contribution in [-0.2, 0) is 28.4 Å². The van der Waals surface area contributed by atoms with Crippen molar-refractivity contribution in [3.63, 3.8) is 0 Å². The number of nitrogen functional groups attached to an aromatic ring is 1. The molecule has 2 atom stereocenters. The molecule has 0 aliphatic rings. The molecular formula is C62H62ClF10N15O10. The Morgan fingerprint density at radius 2 is 0.847 bits per heavy atom. The molecule has 0 fully saturated rings. The fourth-order valence-corrected chi connectivity index (χ4v) is 8.73. The van der Waals surface area contributed by atoms with Crippen molar-refractivity contribution in [3.05, 3.63) is 211 Å². The van der Waals surface area contributed by atoms with E-state index < -0.39 is 69.1 Å². The number of carboxylic acids is 1. The van der Waals surface area contributed by atoms with E-state index in [4.69, 9.17) is 36.7 Å². The van der Waals surface area contributed by atoms with Gasteiger partial charge >= 0.3 is 29.7 Å². The van der Waals surface area contributed by atoms with Crippen molar-refractivity contribution in [3.8, 4) is 40.4 Å². The molecule has 0 bridgehead atoms. The van der Waals surface area contributed by atoms with Crippen molar-refractivity contribution in [1.82, 2.24) is 58.2 Å². The highest BCUT2D eigenvalue weighted by Gasteiger charge is 2.37. The lowest BCUT2D eigenvalue weighted by Crippen LogP contribution is -2.20. The molecule has 0 amide bonds. The number of nitro groups is 2. The highest BCUT2D eigenvalue weighted by atomic mass is 35.5. The lowest BCUT2D eigenvalue weighted by Gasteiger charge is -2.16. The number of aryl methyl sites for hydroxylation is 2. The average Bonchev–Trinajstić information content (AvgIpc) is 1.67. The van der Waals surface area contributed by atoms with Crippen LogP contribution in [0, 0.1) is 57.3 Å². The summed E-state index contributed by atoms with van der Waals surface area (Å²) in [5, 5.41) is 46.0. The van der Waals surface area contributed by atoms with Crippen LogP contribution in [0.5, 0.6) is 17.6 Å². The average molecular weight is 1400 g/mol. The largest absolute Gasteiger partial charge is 0.480 e. The van der Waals surface area contributed by atoms with Gasteiger partial charge in [-0.15, -0.1) is 0 Å². The molecule has 0 radical (unpaired) electrons. The van der Waals surface area contributed by atoms with Gasteiger partial charge in [0.05, 0.1) is 69.3 Å². The number of carbonyl (C=O) groups excluding carboxylic acids is 1. The Balaban J connectivity index is 0.000000200. The van der Waals surface area contributed by atoms with Crippen molar-refractivity contribution in [2.24, 2.45) is 0 Å². The summed E-state index contributed by atoms with van der Waals surface area (Å²) in [7, 11) is 0. The number of benzene rings is 4. The molecule has 36 heteroatoms. The van der Waals surface area contributed by atoms with Gasteiger partial charge in [0, 0.05) is 24.4 Å². The van der Waals surface area contributed by atoms with Crippen LogP contribution in [0.1, 0.15) is 96.1 Å². The SMILES string of the molecule is CC(C)Oc1c(N)cnn1-c1ccc(F)cc1.CC(C)Oc1c([N+](=O)[O-])cnn1-c1ccc(F)cc1.Cc1nc(C(F)(F)F)cn1C(C)C(=O)Cc1cnn(-c2ccc(F)cc2)c1OC(C)C.Cc1nc(C(F)(F)F)cn1C(C)C(=O)O.O=[N+]([O-])c1cnn(-c2ccc(F)cc2)c1Cl. The van der Waals surface area contributed by atoms with Gasteiger partial charge in [-0.1, -0.05) is 11.6 Å². The van der Waals surface area contributed by atoms with Gasteiger partial charge in [-0.05, 0) is 166 Å². The fourth-order valence-electron chi connectivity index (χ4n) is 8.47. The normalized spacial score (nSPS) is 11.9. The minimum atomic E-state index is -4.59. The molecule has 522 valence electrons. The van der Waals surface area contributed by atoms with Gasteiger partial charge in [-0.2, -0.15) is 56.1 Å². The van der Waals surface area contributed by atoms with E-state index in [1.54, 1.807) is 30.7 Å². The van der Waals surface area contributed by atoms with E-state index >= 15 is 0 Å². The Morgan fingerprint density at radius 1 is 0.520 bits per heavy atom. The van der Waals surface area contributed by atoms with E-state index in [-0.39, 0.29) is 70.4 Å². The number of anilines is 1. The molecule has 6 heterocycles. The van der Waals surface area contributed by atoms with Gasteiger partial charge in [-0.3, -0.25) is 25.0 Å². The smallest absolute Gasteiger partial charge is 0.434 e. The van der Waals surface area contributed by atoms with E-state index in [9.17, 15) is 73.7 Å². The molecule has 25 nitrogen and oxygen atoms in total. The van der Waals surface area contributed by atoms with Crippen LogP contribution < -0.4 is 19.9 Å². The van der Waals surface area contributed by atoms with Gasteiger partial charge in [0.25, 0.3) is 5.88 Å². The first-order valence-corrected chi connectivity index (χ1v) is 29.3. The van der Waals surface area contributed by atoms with Crippen molar-refractivity contribution >= 4 is 40.4 Å². The third-order valence-electron chi connectivity index (χ3n) is 13.1. The van der Waals surface area contributed by atoms with E-state index in [1.165, 1.54) is 144 Å². The Kier molecular flexibility index (Phi) is 25.2. The summed E-state index contributed by atoms with van der Waals surface area (Å²) in [5.41, 5.74) is 6.28. The standard InChI is InChI=1S/C21H22F4N4O2.C12H12FN3O3.C12H14FN3O.C9H5ClFN3O2.C8H9F3N2O2/c1-12(2)31-20-15(10-26-29(20)17-7-5-16(22)6-8-17)9-18(30)13(3)28-11-19(21(23,24)25)27-14(28)4;1-8(2)19-12-11(16(17)18)7-14-15(12)10-5-3-9(13)4-6-10;1-8(2)17-12-11(14)7-15-16(12)10-5-3-9(13)4-6-10;10-9-8(14(15)16)5-12-13(9)7-3-1-6(11)2-4-7;1-4(7(14)15)13-3-6(8(9,10)11)12-5(13)2/h5-8,10-13H,9H2,1-4H3;3-8H,1-2H3;3-8H,14H2,1-2H3;1-5H;3-4H,1-2H3,(H,14,15). The summed E-state index contributed by atoms with van der Waals surface area (Å²) in [6.45, 7) is 16.5. The zero-order valence-corrected chi connectivity index (χ0v) is 54.2. The van der Waals surface area contributed by atoms with E-state index in [1.807, 2.05) is 27.7 Å². The second-order valence-electron chi connectivity index (χ2n) is 21.6. The molecule has 98 heavy (non-hydrogen) atoms. The van der Waals surface area contributed by atoms with Crippen molar-refractivity contribution in [2.45, 2.75) is 118 Å². The number of nitrogens with zero attached hydrogens (tertiary/aromatic N) is 14. The van der Waals surface area contributed by atoms with E-state index in [0.717, 1.165) is 23.2 Å². The quantitative estimate of drug-likeness (QED) is 0.0458. The Labute approximate surface area is 555 Å². The summed E-state index contributed by atoms with van der Waals surface area (Å²) in [4.78, 5) is 50.5. The first kappa shape index (κ1) is 75.9. The van der Waals surface area contributed by atoms with Gasteiger partial charge < -0.3 is 34.2 Å². The van der Waals surface area contributed by atoms with Crippen LogP contribution >= 0.6 is 11.6 Å². The monoisotopic (exact) mass is 1400 g/mol. The number of hydrogen-bond donors (Lipinski definition) is 2. The number of Topliss-reactive ketones (excluding diaryl/α,β-unsaturated/α-hetero) is 1. The van der Waals surface area contributed by atoms with Crippen molar-refractivity contribution in [1.29, 1.82) is 0 Å². The van der Waals surface area contributed by atoms with Crippen molar-refractivity contribution < 1.29 is 82.7 Å². The minimum Gasteiger partial charge on any atom is -0.480 e. The van der Waals surface area contributed by atoms with Crippen LogP contribution in [0.15, 0.2) is 134 Å². The summed E-state index contributed by atoms with van der Waals surface area (Å²) in [6.07, 6.45) is -3.04. The molecule has 6 aromatic heterocycles. The van der Waals surface area contributed by atoms with Crippen LogP contribution in [0.3, 0.4) is 0 Å². The third-order valence-corrected chi connectivity index (χ3v) is 13.5. The zero-order valence-electron chi connectivity index (χ0n) is 53.4. The second kappa shape index (κ2) is 32.5. The van der Waals surface area contributed by atoms with E-state index in [0.29, 0.717) is 52.0 Å². The lowest BCUT2D eigenvalue weighted by atomic mass is 10.1. The Bertz CT molecular complexity index is 4340. The highest BCUT2D eigenvalue weighted by Crippen LogP contribution is 2.34. The molecule has 2 unspecified atom stereocenters. The topological polar surface area (TPSA) is 301 Å². The van der Waals surface area contributed by atoms with Crippen LogP contribution in [0.25, 0.3) is 22.7 Å². The number of imidazole rings is 2. The number of carboxylic acid groups (broad SMARTS) is 1. The Morgan fingerprint density at radius 3 is 1.21 bits per heavy atom. The molecule has 0 spiro atoms. The van der Waals surface area contributed by atoms with Crippen LogP contribution in [0.4, 0.5) is 61.0 Å². The van der Waals surface area contributed by atoms with Gasteiger partial charge in [0.2, 0.25) is 16.9 Å². The number of ether oxygens (including phenoxy) is 3. The maximum absolute atomic E-state index is 13.3. The maximum atomic E-state index is 13.3. The predicted octanol–water partition coefficient (Wildman–Crippen LogP) is 14.2. The number of nitrogens with two attached hydrogens (primary N) is 1. The number of halogens is 11.